The number of hydrogen-bond donors (Lipinski definition) is 1. The summed E-state index contributed by atoms with van der Waals surface area (Å²) in [5.74, 6) is -1.04. The van der Waals surface area contributed by atoms with E-state index in [2.05, 4.69) is 25.6 Å². The first-order valence-electron chi connectivity index (χ1n) is 6.30. The van der Waals surface area contributed by atoms with Gasteiger partial charge in [0.05, 0.1) is 11.3 Å². The molecule has 0 spiro atoms. The highest BCUT2D eigenvalue weighted by molar-refractivity contribution is 9.10. The Hall–Kier alpha value is -1.86. The molecule has 0 fully saturated rings. The van der Waals surface area contributed by atoms with Crippen molar-refractivity contribution < 1.29 is 14.0 Å². The lowest BCUT2D eigenvalue weighted by Crippen LogP contribution is -2.09. The molecular weight excluding hydrogens is 371 g/mol. The summed E-state index contributed by atoms with van der Waals surface area (Å²) in [5.41, 5.74) is 1.27. The molecule has 1 aromatic carbocycles. The SMILES string of the molecule is CC(=O)c1c(C)nsc1NC(=O)C=Cc1cc(Br)ccc1F. The topological polar surface area (TPSA) is 59.1 Å². The van der Waals surface area contributed by atoms with Crippen LogP contribution in [0.5, 0.6) is 0 Å². The van der Waals surface area contributed by atoms with Crippen LogP contribution in [0.4, 0.5) is 9.39 Å². The van der Waals surface area contributed by atoms with Gasteiger partial charge in [-0.25, -0.2) is 4.39 Å². The van der Waals surface area contributed by atoms with Crippen molar-refractivity contribution in [3.8, 4) is 0 Å². The van der Waals surface area contributed by atoms with Crippen molar-refractivity contribution in [1.29, 1.82) is 0 Å². The van der Waals surface area contributed by atoms with E-state index < -0.39 is 11.7 Å². The molecule has 22 heavy (non-hydrogen) atoms. The molecule has 114 valence electrons. The van der Waals surface area contributed by atoms with Gasteiger partial charge < -0.3 is 5.32 Å². The van der Waals surface area contributed by atoms with Gasteiger partial charge in [0.2, 0.25) is 5.91 Å². The number of ketones is 1. The van der Waals surface area contributed by atoms with E-state index in [1.165, 1.54) is 25.1 Å². The van der Waals surface area contributed by atoms with Crippen molar-refractivity contribution in [3.63, 3.8) is 0 Å². The van der Waals surface area contributed by atoms with Crippen LogP contribution in [0.2, 0.25) is 0 Å². The average molecular weight is 383 g/mol. The molecule has 2 aromatic rings. The number of carbonyl (C=O) groups excluding carboxylic acids is 2. The lowest BCUT2D eigenvalue weighted by atomic mass is 10.2. The van der Waals surface area contributed by atoms with Gasteiger partial charge in [-0.3, -0.25) is 9.59 Å². The molecule has 1 aromatic heterocycles. The van der Waals surface area contributed by atoms with Crippen molar-refractivity contribution in [3.05, 3.63) is 51.4 Å². The summed E-state index contributed by atoms with van der Waals surface area (Å²) in [7, 11) is 0. The maximum atomic E-state index is 13.6. The summed E-state index contributed by atoms with van der Waals surface area (Å²) < 4.78 is 18.3. The van der Waals surface area contributed by atoms with Gasteiger partial charge in [-0.2, -0.15) is 4.37 Å². The Balaban J connectivity index is 2.15. The molecule has 0 unspecified atom stereocenters. The Labute approximate surface area is 139 Å². The minimum atomic E-state index is -0.453. The van der Waals surface area contributed by atoms with Gasteiger partial charge in [0.25, 0.3) is 0 Å². The van der Waals surface area contributed by atoms with E-state index in [9.17, 15) is 14.0 Å². The molecule has 0 aliphatic heterocycles. The Morgan fingerprint density at radius 2 is 2.14 bits per heavy atom. The standard InChI is InChI=1S/C15H12BrFN2O2S/c1-8-14(9(2)20)15(22-19-8)18-13(21)6-3-10-7-11(16)4-5-12(10)17/h3-7H,1-2H3,(H,18,21). The Kier molecular flexibility index (Phi) is 5.20. The normalized spacial score (nSPS) is 10.9. The van der Waals surface area contributed by atoms with E-state index in [-0.39, 0.29) is 11.3 Å². The fraction of sp³-hybridized carbons (Fsp3) is 0.133. The maximum absolute atomic E-state index is 13.6. The molecule has 0 radical (unpaired) electrons. The van der Waals surface area contributed by atoms with Crippen LogP contribution >= 0.6 is 27.5 Å². The van der Waals surface area contributed by atoms with Gasteiger partial charge in [0.1, 0.15) is 10.8 Å². The van der Waals surface area contributed by atoms with Crippen LogP contribution < -0.4 is 5.32 Å². The third kappa shape index (κ3) is 3.86. The number of benzene rings is 1. The minimum Gasteiger partial charge on any atom is -0.312 e. The highest BCUT2D eigenvalue weighted by Crippen LogP contribution is 2.25. The zero-order chi connectivity index (χ0) is 16.3. The minimum absolute atomic E-state index is 0.163. The summed E-state index contributed by atoms with van der Waals surface area (Å²) in [6.45, 7) is 3.12. The van der Waals surface area contributed by atoms with Crippen LogP contribution in [0.1, 0.15) is 28.5 Å². The van der Waals surface area contributed by atoms with Gasteiger partial charge in [-0.15, -0.1) is 0 Å². The predicted molar refractivity (Wildman–Crippen MR) is 88.6 cm³/mol. The lowest BCUT2D eigenvalue weighted by molar-refractivity contribution is -0.111. The van der Waals surface area contributed by atoms with Gasteiger partial charge in [-0.05, 0) is 49.7 Å². The van der Waals surface area contributed by atoms with E-state index >= 15 is 0 Å². The molecule has 0 aliphatic carbocycles. The number of nitrogens with zero attached hydrogens (tertiary/aromatic N) is 1. The number of aryl methyl sites for hydroxylation is 1. The molecular formula is C15H12BrFN2O2S. The number of rotatable bonds is 4. The van der Waals surface area contributed by atoms with E-state index in [1.807, 2.05) is 0 Å². The highest BCUT2D eigenvalue weighted by atomic mass is 79.9. The Morgan fingerprint density at radius 1 is 1.41 bits per heavy atom. The number of halogens is 2. The Morgan fingerprint density at radius 3 is 2.82 bits per heavy atom. The summed E-state index contributed by atoms with van der Waals surface area (Å²) in [4.78, 5) is 23.4. The van der Waals surface area contributed by atoms with E-state index in [0.29, 0.717) is 20.7 Å². The van der Waals surface area contributed by atoms with E-state index in [4.69, 9.17) is 0 Å². The number of Topliss-reactive ketones (excluding diaryl/α,β-unsaturated/α-hetero) is 1. The number of nitrogens with one attached hydrogen (secondary N) is 1. The molecule has 0 saturated carbocycles. The molecule has 0 atom stereocenters. The molecule has 0 bridgehead atoms. The van der Waals surface area contributed by atoms with Crippen LogP contribution in [0.15, 0.2) is 28.7 Å². The third-order valence-corrected chi connectivity index (χ3v) is 4.17. The van der Waals surface area contributed by atoms with E-state index in [1.54, 1.807) is 19.1 Å². The van der Waals surface area contributed by atoms with E-state index in [0.717, 1.165) is 11.5 Å². The van der Waals surface area contributed by atoms with Crippen molar-refractivity contribution in [1.82, 2.24) is 4.37 Å². The Bertz CT molecular complexity index is 771. The highest BCUT2D eigenvalue weighted by Gasteiger charge is 2.15. The van der Waals surface area contributed by atoms with Crippen molar-refractivity contribution in [2.45, 2.75) is 13.8 Å². The number of amides is 1. The quantitative estimate of drug-likeness (QED) is 0.636. The maximum Gasteiger partial charge on any atom is 0.249 e. The fourth-order valence-corrected chi connectivity index (χ4v) is 3.06. The van der Waals surface area contributed by atoms with Crippen molar-refractivity contribution in [2.24, 2.45) is 0 Å². The second-order valence-corrected chi connectivity index (χ2v) is 6.21. The fourth-order valence-electron chi connectivity index (χ4n) is 1.83. The smallest absolute Gasteiger partial charge is 0.249 e. The summed E-state index contributed by atoms with van der Waals surface area (Å²) in [5, 5.41) is 2.99. The molecule has 1 heterocycles. The predicted octanol–water partition coefficient (Wildman–Crippen LogP) is 4.21. The van der Waals surface area contributed by atoms with Gasteiger partial charge in [0, 0.05) is 16.1 Å². The third-order valence-electron chi connectivity index (χ3n) is 2.82. The number of carbonyl (C=O) groups is 2. The first-order valence-corrected chi connectivity index (χ1v) is 7.86. The summed E-state index contributed by atoms with van der Waals surface area (Å²) >= 11 is 4.28. The lowest BCUT2D eigenvalue weighted by Gasteiger charge is -2.01. The van der Waals surface area contributed by atoms with Crippen LogP contribution in [0.25, 0.3) is 6.08 Å². The van der Waals surface area contributed by atoms with Gasteiger partial charge >= 0.3 is 0 Å². The van der Waals surface area contributed by atoms with Crippen molar-refractivity contribution in [2.75, 3.05) is 5.32 Å². The molecule has 4 nitrogen and oxygen atoms in total. The molecule has 0 saturated heterocycles. The number of hydrogen-bond acceptors (Lipinski definition) is 4. The summed E-state index contributed by atoms with van der Waals surface area (Å²) in [6.07, 6.45) is 2.58. The van der Waals surface area contributed by atoms with Crippen molar-refractivity contribution >= 4 is 50.2 Å². The molecule has 1 N–H and O–H groups in total. The van der Waals surface area contributed by atoms with Crippen LogP contribution in [-0.4, -0.2) is 16.1 Å². The molecule has 1 amide bonds. The molecule has 7 heteroatoms. The summed E-state index contributed by atoms with van der Waals surface area (Å²) in [6, 6.07) is 4.45. The van der Waals surface area contributed by atoms with Crippen LogP contribution in [0, 0.1) is 12.7 Å². The first-order chi connectivity index (χ1) is 10.4. The second kappa shape index (κ2) is 6.93. The molecule has 2 rings (SSSR count). The van der Waals surface area contributed by atoms with Crippen LogP contribution in [0.3, 0.4) is 0 Å². The first kappa shape index (κ1) is 16.5. The zero-order valence-electron chi connectivity index (χ0n) is 11.8. The second-order valence-electron chi connectivity index (χ2n) is 4.52. The average Bonchev–Trinajstić information content (AvgIpc) is 2.80. The monoisotopic (exact) mass is 382 g/mol. The number of anilines is 1. The van der Waals surface area contributed by atoms with Crippen LogP contribution in [-0.2, 0) is 4.79 Å². The largest absolute Gasteiger partial charge is 0.312 e. The van der Waals surface area contributed by atoms with Gasteiger partial charge in [0.15, 0.2) is 5.78 Å². The zero-order valence-corrected chi connectivity index (χ0v) is 14.2. The molecule has 0 aliphatic rings. The van der Waals surface area contributed by atoms with Gasteiger partial charge in [-0.1, -0.05) is 15.9 Å². The number of aromatic nitrogens is 1.